The molecule has 0 radical (unpaired) electrons. The van der Waals surface area contributed by atoms with Crippen LogP contribution in [0.3, 0.4) is 0 Å². The van der Waals surface area contributed by atoms with Gasteiger partial charge in [-0.15, -0.1) is 0 Å². The first-order valence-corrected chi connectivity index (χ1v) is 16.4. The van der Waals surface area contributed by atoms with Crippen molar-refractivity contribution in [2.75, 3.05) is 19.0 Å². The summed E-state index contributed by atoms with van der Waals surface area (Å²) in [6, 6.07) is 20.6. The molecule has 2 fully saturated rings. The fraction of sp³-hybridized carbons (Fsp3) is 0.474. The smallest absolute Gasteiger partial charge is 0.257 e. The number of amides is 2. The first kappa shape index (κ1) is 32.8. The molecule has 45 heavy (non-hydrogen) atoms. The molecule has 0 bridgehead atoms. The summed E-state index contributed by atoms with van der Waals surface area (Å²) in [5, 5.41) is 6.82. The van der Waals surface area contributed by atoms with Gasteiger partial charge in [-0.25, -0.2) is 4.39 Å². The van der Waals surface area contributed by atoms with Crippen molar-refractivity contribution in [1.29, 1.82) is 0 Å². The Hall–Kier alpha value is -3.55. The number of rotatable bonds is 8. The van der Waals surface area contributed by atoms with Crippen molar-refractivity contribution in [2.24, 2.45) is 5.92 Å². The number of nitrogens with one attached hydrogen (secondary N) is 2. The van der Waals surface area contributed by atoms with Gasteiger partial charge in [-0.1, -0.05) is 82.1 Å². The summed E-state index contributed by atoms with van der Waals surface area (Å²) in [6.07, 6.45) is 6.08. The van der Waals surface area contributed by atoms with Crippen molar-refractivity contribution in [1.82, 2.24) is 10.2 Å². The Morgan fingerprint density at radius 1 is 0.956 bits per heavy atom. The maximum absolute atomic E-state index is 15.1. The second kappa shape index (κ2) is 14.3. The number of carbonyl (C=O) groups is 2. The van der Waals surface area contributed by atoms with Gasteiger partial charge in [0, 0.05) is 31.9 Å². The molecular weight excluding hydrogens is 565 g/mol. The Kier molecular flexibility index (Phi) is 10.4. The van der Waals surface area contributed by atoms with E-state index >= 15 is 4.39 Å². The van der Waals surface area contributed by atoms with Gasteiger partial charge in [-0.05, 0) is 78.5 Å². The Balaban J connectivity index is 1.43. The lowest BCUT2D eigenvalue weighted by Gasteiger charge is -2.41. The van der Waals surface area contributed by atoms with Gasteiger partial charge in [0.15, 0.2) is 0 Å². The number of carbonyl (C=O) groups excluding carboxylic acids is 2. The maximum atomic E-state index is 15.1. The van der Waals surface area contributed by atoms with E-state index in [1.54, 1.807) is 31.1 Å². The van der Waals surface area contributed by atoms with Crippen LogP contribution in [-0.4, -0.2) is 42.5 Å². The fourth-order valence-corrected chi connectivity index (χ4v) is 6.95. The number of hydrogen-bond acceptors (Lipinski definition) is 4. The third kappa shape index (κ3) is 7.64. The van der Waals surface area contributed by atoms with E-state index in [4.69, 9.17) is 4.74 Å². The number of ether oxygens (including phenoxy) is 1. The highest BCUT2D eigenvalue weighted by atomic mass is 19.1. The number of benzene rings is 3. The average molecular weight is 614 g/mol. The Bertz CT molecular complexity index is 1460. The molecule has 3 aromatic rings. The summed E-state index contributed by atoms with van der Waals surface area (Å²) in [5.74, 6) is -1.55. The van der Waals surface area contributed by atoms with Crippen LogP contribution in [0.4, 0.5) is 10.1 Å². The highest BCUT2D eigenvalue weighted by Crippen LogP contribution is 2.39. The number of halogens is 1. The van der Waals surface area contributed by atoms with Crippen molar-refractivity contribution in [3.05, 3.63) is 100 Å². The van der Waals surface area contributed by atoms with E-state index in [-0.39, 0.29) is 28.9 Å². The Labute approximate surface area is 267 Å². The molecule has 7 heteroatoms. The van der Waals surface area contributed by atoms with E-state index in [0.29, 0.717) is 37.5 Å². The predicted molar refractivity (Wildman–Crippen MR) is 178 cm³/mol. The number of aryl methyl sites for hydroxylation is 1. The summed E-state index contributed by atoms with van der Waals surface area (Å²) in [4.78, 5) is 29.8. The van der Waals surface area contributed by atoms with Gasteiger partial charge < -0.3 is 20.3 Å². The van der Waals surface area contributed by atoms with Gasteiger partial charge in [0.2, 0.25) is 5.91 Å². The molecule has 1 aliphatic carbocycles. The maximum Gasteiger partial charge on any atom is 0.257 e. The second-order valence-corrected chi connectivity index (χ2v) is 13.7. The van der Waals surface area contributed by atoms with E-state index in [0.717, 1.165) is 35.2 Å². The number of likely N-dealkylation sites (tertiary alicyclic amines) is 1. The van der Waals surface area contributed by atoms with E-state index in [1.165, 1.54) is 18.9 Å². The number of anilines is 1. The minimum absolute atomic E-state index is 0.0625. The average Bonchev–Trinajstić information content (AvgIpc) is 3.03. The number of piperidine rings is 1. The molecule has 1 saturated heterocycles. The molecule has 2 amide bonds. The van der Waals surface area contributed by atoms with Gasteiger partial charge in [0.1, 0.15) is 5.82 Å². The quantitative estimate of drug-likeness (QED) is 0.273. The summed E-state index contributed by atoms with van der Waals surface area (Å²) in [6.45, 7) is 9.34. The van der Waals surface area contributed by atoms with Crippen LogP contribution in [0.1, 0.15) is 97.9 Å². The predicted octanol–water partition coefficient (Wildman–Crippen LogP) is 7.71. The van der Waals surface area contributed by atoms with E-state index < -0.39 is 17.8 Å². The third-order valence-corrected chi connectivity index (χ3v) is 9.56. The summed E-state index contributed by atoms with van der Waals surface area (Å²) in [7, 11) is 1.79. The minimum atomic E-state index is -0.539. The SMILES string of the molecule is COC1CCCCC1NCc1ccc(C2C(C(=O)Nc3cccc(C(C)(C)C)c3)CCCN2C(=O)c2c(C)cccc2F)cc1. The van der Waals surface area contributed by atoms with Crippen molar-refractivity contribution >= 4 is 17.5 Å². The van der Waals surface area contributed by atoms with Crippen molar-refractivity contribution in [2.45, 2.75) is 96.4 Å². The fourth-order valence-electron chi connectivity index (χ4n) is 6.95. The molecule has 1 saturated carbocycles. The minimum Gasteiger partial charge on any atom is -0.380 e. The highest BCUT2D eigenvalue weighted by molar-refractivity contribution is 5.98. The third-order valence-electron chi connectivity index (χ3n) is 9.56. The standard InChI is InChI=1S/C38H48FN3O3/c1-25-11-8-15-31(39)34(25)37(44)42-22-10-14-30(36(43)41-29-13-9-12-28(23-29)38(2,3)4)35(42)27-20-18-26(19-21-27)24-40-32-16-6-7-17-33(32)45-5/h8-9,11-13,15,18-21,23,30,32-33,35,40H,6-7,10,14,16-17,22,24H2,1-5H3,(H,41,43). The van der Waals surface area contributed by atoms with Crippen LogP contribution in [0.15, 0.2) is 66.7 Å². The van der Waals surface area contributed by atoms with Gasteiger partial charge in [-0.2, -0.15) is 0 Å². The highest BCUT2D eigenvalue weighted by Gasteiger charge is 2.40. The summed E-state index contributed by atoms with van der Waals surface area (Å²) < 4.78 is 20.8. The molecule has 6 nitrogen and oxygen atoms in total. The zero-order valence-corrected chi connectivity index (χ0v) is 27.4. The van der Waals surface area contributed by atoms with E-state index in [9.17, 15) is 9.59 Å². The van der Waals surface area contributed by atoms with E-state index in [1.807, 2.05) is 30.3 Å². The molecule has 1 aliphatic heterocycles. The molecule has 2 N–H and O–H groups in total. The lowest BCUT2D eigenvalue weighted by Crippen LogP contribution is -2.46. The zero-order valence-electron chi connectivity index (χ0n) is 27.4. The molecule has 0 spiro atoms. The van der Waals surface area contributed by atoms with Gasteiger partial charge in [-0.3, -0.25) is 9.59 Å². The molecule has 1 heterocycles. The first-order chi connectivity index (χ1) is 21.6. The molecule has 240 valence electrons. The van der Waals surface area contributed by atoms with Crippen LogP contribution < -0.4 is 10.6 Å². The monoisotopic (exact) mass is 613 g/mol. The largest absolute Gasteiger partial charge is 0.380 e. The molecule has 4 atom stereocenters. The molecule has 0 aromatic heterocycles. The first-order valence-electron chi connectivity index (χ1n) is 16.4. The second-order valence-electron chi connectivity index (χ2n) is 13.7. The topological polar surface area (TPSA) is 70.7 Å². The molecule has 2 aliphatic rings. The molecule has 4 unspecified atom stereocenters. The van der Waals surface area contributed by atoms with Crippen LogP contribution in [0.2, 0.25) is 0 Å². The van der Waals surface area contributed by atoms with Crippen molar-refractivity contribution in [3.8, 4) is 0 Å². The number of methoxy groups -OCH3 is 1. The van der Waals surface area contributed by atoms with Crippen LogP contribution in [0, 0.1) is 18.7 Å². The number of hydrogen-bond donors (Lipinski definition) is 2. The van der Waals surface area contributed by atoms with Crippen LogP contribution in [0.25, 0.3) is 0 Å². The number of nitrogens with zero attached hydrogens (tertiary/aromatic N) is 1. The summed E-state index contributed by atoms with van der Waals surface area (Å²) in [5.41, 5.74) is 4.45. The molecule has 5 rings (SSSR count). The Morgan fingerprint density at radius 2 is 1.69 bits per heavy atom. The van der Waals surface area contributed by atoms with Gasteiger partial charge in [0.25, 0.3) is 5.91 Å². The summed E-state index contributed by atoms with van der Waals surface area (Å²) >= 11 is 0. The van der Waals surface area contributed by atoms with E-state index in [2.05, 4.69) is 49.6 Å². The van der Waals surface area contributed by atoms with Crippen LogP contribution >= 0.6 is 0 Å². The van der Waals surface area contributed by atoms with Gasteiger partial charge >= 0.3 is 0 Å². The Morgan fingerprint density at radius 3 is 2.40 bits per heavy atom. The normalized spacial score (nSPS) is 22.2. The zero-order chi connectivity index (χ0) is 32.1. The molecular formula is C38H48FN3O3. The van der Waals surface area contributed by atoms with Crippen molar-refractivity contribution < 1.29 is 18.7 Å². The molecule has 3 aromatic carbocycles. The van der Waals surface area contributed by atoms with Crippen molar-refractivity contribution in [3.63, 3.8) is 0 Å². The van der Waals surface area contributed by atoms with Crippen LogP contribution in [-0.2, 0) is 21.5 Å². The van der Waals surface area contributed by atoms with Gasteiger partial charge in [0.05, 0.1) is 23.6 Å². The van der Waals surface area contributed by atoms with Crippen LogP contribution in [0.5, 0.6) is 0 Å². The lowest BCUT2D eigenvalue weighted by atomic mass is 9.82. The lowest BCUT2D eigenvalue weighted by molar-refractivity contribution is -0.123.